The average Bonchev–Trinajstić information content (AvgIpc) is 3.43. The number of hydrogen-bond acceptors (Lipinski definition) is 7. The van der Waals surface area contributed by atoms with Crippen LogP contribution in [0.4, 0.5) is 0 Å². The van der Waals surface area contributed by atoms with Gasteiger partial charge in [-0.3, -0.25) is 9.48 Å². The van der Waals surface area contributed by atoms with Gasteiger partial charge in [-0.2, -0.15) is 5.10 Å². The SMILES string of the molecule is COC(=O)C1c2ccsc2CCN1C(=O)c1cc(-c2cc(OC)ccc2OC)nn1C. The van der Waals surface area contributed by atoms with Gasteiger partial charge in [0.25, 0.3) is 5.91 Å². The summed E-state index contributed by atoms with van der Waals surface area (Å²) < 4.78 is 17.3. The maximum Gasteiger partial charge on any atom is 0.333 e. The molecule has 1 aliphatic rings. The molecule has 3 heterocycles. The minimum absolute atomic E-state index is 0.282. The van der Waals surface area contributed by atoms with Gasteiger partial charge in [0.15, 0.2) is 6.04 Å². The van der Waals surface area contributed by atoms with Crippen molar-refractivity contribution in [1.29, 1.82) is 0 Å². The van der Waals surface area contributed by atoms with Gasteiger partial charge >= 0.3 is 5.97 Å². The topological polar surface area (TPSA) is 82.9 Å². The molecule has 0 radical (unpaired) electrons. The minimum Gasteiger partial charge on any atom is -0.497 e. The zero-order valence-corrected chi connectivity index (χ0v) is 18.6. The lowest BCUT2D eigenvalue weighted by molar-refractivity contribution is -0.146. The zero-order chi connectivity index (χ0) is 22.1. The highest BCUT2D eigenvalue weighted by molar-refractivity contribution is 7.10. The molecule has 0 aliphatic carbocycles. The van der Waals surface area contributed by atoms with Crippen molar-refractivity contribution < 1.29 is 23.8 Å². The maximum absolute atomic E-state index is 13.5. The fraction of sp³-hybridized carbons (Fsp3) is 0.318. The van der Waals surface area contributed by atoms with Crippen molar-refractivity contribution in [2.75, 3.05) is 27.9 Å². The van der Waals surface area contributed by atoms with Gasteiger partial charge in [0.2, 0.25) is 0 Å². The predicted octanol–water partition coefficient (Wildman–Crippen LogP) is 3.08. The first-order valence-electron chi connectivity index (χ1n) is 9.70. The summed E-state index contributed by atoms with van der Waals surface area (Å²) in [5.41, 5.74) is 2.48. The molecule has 0 saturated carbocycles. The second-order valence-corrected chi connectivity index (χ2v) is 8.08. The number of carbonyl (C=O) groups excluding carboxylic acids is 2. The first-order valence-corrected chi connectivity index (χ1v) is 10.6. The summed E-state index contributed by atoms with van der Waals surface area (Å²) in [7, 11) is 6.20. The van der Waals surface area contributed by atoms with Crippen LogP contribution in [0.25, 0.3) is 11.3 Å². The van der Waals surface area contributed by atoms with Crippen LogP contribution in [-0.4, -0.2) is 54.4 Å². The molecule has 1 unspecified atom stereocenters. The molecular formula is C22H23N3O5S. The lowest BCUT2D eigenvalue weighted by Gasteiger charge is -2.33. The normalized spacial score (nSPS) is 15.4. The van der Waals surface area contributed by atoms with E-state index >= 15 is 0 Å². The van der Waals surface area contributed by atoms with Gasteiger partial charge in [-0.25, -0.2) is 4.79 Å². The number of nitrogens with zero attached hydrogens (tertiary/aromatic N) is 3. The molecule has 0 spiro atoms. The number of ether oxygens (including phenoxy) is 3. The molecule has 2 aromatic heterocycles. The summed E-state index contributed by atoms with van der Waals surface area (Å²) in [6, 6.07) is 8.22. The van der Waals surface area contributed by atoms with Gasteiger partial charge < -0.3 is 19.1 Å². The van der Waals surface area contributed by atoms with Crippen molar-refractivity contribution in [2.24, 2.45) is 7.05 Å². The first-order chi connectivity index (χ1) is 15.0. The summed E-state index contributed by atoms with van der Waals surface area (Å²) >= 11 is 1.59. The van der Waals surface area contributed by atoms with Crippen LogP contribution in [0, 0.1) is 0 Å². The van der Waals surface area contributed by atoms with Crippen LogP contribution in [0.5, 0.6) is 11.5 Å². The maximum atomic E-state index is 13.5. The summed E-state index contributed by atoms with van der Waals surface area (Å²) in [6.45, 7) is 0.426. The van der Waals surface area contributed by atoms with Gasteiger partial charge in [-0.1, -0.05) is 0 Å². The number of aromatic nitrogens is 2. The number of hydrogen-bond donors (Lipinski definition) is 0. The Kier molecular flexibility index (Phi) is 5.69. The van der Waals surface area contributed by atoms with Crippen molar-refractivity contribution in [2.45, 2.75) is 12.5 Å². The monoisotopic (exact) mass is 441 g/mol. The lowest BCUT2D eigenvalue weighted by Crippen LogP contribution is -2.44. The average molecular weight is 442 g/mol. The van der Waals surface area contributed by atoms with E-state index in [-0.39, 0.29) is 5.91 Å². The Balaban J connectivity index is 1.72. The Bertz CT molecular complexity index is 1140. The van der Waals surface area contributed by atoms with E-state index < -0.39 is 12.0 Å². The number of thiophene rings is 1. The van der Waals surface area contributed by atoms with E-state index in [1.807, 2.05) is 17.5 Å². The van der Waals surface area contributed by atoms with E-state index in [9.17, 15) is 9.59 Å². The third kappa shape index (κ3) is 3.65. The highest BCUT2D eigenvalue weighted by atomic mass is 32.1. The molecule has 8 nitrogen and oxygen atoms in total. The third-order valence-electron chi connectivity index (χ3n) is 5.43. The Morgan fingerprint density at radius 2 is 1.94 bits per heavy atom. The van der Waals surface area contributed by atoms with Gasteiger partial charge in [0, 0.05) is 24.0 Å². The summed E-state index contributed by atoms with van der Waals surface area (Å²) in [5.74, 6) is 0.534. The van der Waals surface area contributed by atoms with Gasteiger partial charge in [-0.15, -0.1) is 11.3 Å². The molecule has 31 heavy (non-hydrogen) atoms. The number of methoxy groups -OCH3 is 3. The van der Waals surface area contributed by atoms with Crippen LogP contribution < -0.4 is 9.47 Å². The Morgan fingerprint density at radius 3 is 2.65 bits per heavy atom. The molecule has 1 aliphatic heterocycles. The van der Waals surface area contributed by atoms with Crippen LogP contribution in [0.15, 0.2) is 35.7 Å². The van der Waals surface area contributed by atoms with Crippen molar-refractivity contribution in [3.8, 4) is 22.8 Å². The summed E-state index contributed by atoms with van der Waals surface area (Å²) in [4.78, 5) is 28.7. The molecule has 1 aromatic carbocycles. The van der Waals surface area contributed by atoms with E-state index in [1.165, 1.54) is 11.8 Å². The second-order valence-electron chi connectivity index (χ2n) is 7.08. The lowest BCUT2D eigenvalue weighted by atomic mass is 9.99. The molecule has 4 rings (SSSR count). The number of aryl methyl sites for hydroxylation is 1. The van der Waals surface area contributed by atoms with Crippen molar-refractivity contribution in [1.82, 2.24) is 14.7 Å². The zero-order valence-electron chi connectivity index (χ0n) is 17.7. The van der Waals surface area contributed by atoms with Crippen LogP contribution in [0.1, 0.15) is 27.0 Å². The molecule has 0 fully saturated rings. The van der Waals surface area contributed by atoms with Crippen molar-refractivity contribution in [3.63, 3.8) is 0 Å². The standard InChI is InChI=1S/C22H23N3O5S/c1-24-17(12-16(23-24)15-11-13(28-2)5-6-18(15)29-3)21(26)25-9-7-19-14(8-10-31-19)20(25)22(27)30-4/h5-6,8,10-12,20H,7,9H2,1-4H3. The summed E-state index contributed by atoms with van der Waals surface area (Å²) in [6.07, 6.45) is 0.695. The molecule has 9 heteroatoms. The molecule has 0 saturated heterocycles. The van der Waals surface area contributed by atoms with Crippen molar-refractivity contribution >= 4 is 23.2 Å². The van der Waals surface area contributed by atoms with Crippen LogP contribution in [0.2, 0.25) is 0 Å². The highest BCUT2D eigenvalue weighted by Gasteiger charge is 2.38. The molecule has 1 atom stereocenters. The predicted molar refractivity (Wildman–Crippen MR) is 116 cm³/mol. The number of esters is 1. The second kappa shape index (κ2) is 8.43. The fourth-order valence-electron chi connectivity index (χ4n) is 3.86. The number of rotatable bonds is 5. The van der Waals surface area contributed by atoms with E-state index in [0.29, 0.717) is 41.4 Å². The molecular weight excluding hydrogens is 418 g/mol. The highest BCUT2D eigenvalue weighted by Crippen LogP contribution is 2.36. The number of carbonyl (C=O) groups is 2. The van der Waals surface area contributed by atoms with Crippen LogP contribution in [0.3, 0.4) is 0 Å². The number of amides is 1. The van der Waals surface area contributed by atoms with Crippen LogP contribution >= 0.6 is 11.3 Å². The van der Waals surface area contributed by atoms with E-state index in [1.54, 1.807) is 55.7 Å². The summed E-state index contributed by atoms with van der Waals surface area (Å²) in [5, 5.41) is 6.46. The van der Waals surface area contributed by atoms with Gasteiger partial charge in [-0.05, 0) is 47.7 Å². The molecule has 1 amide bonds. The molecule has 0 bridgehead atoms. The van der Waals surface area contributed by atoms with E-state index in [2.05, 4.69) is 5.10 Å². The molecule has 0 N–H and O–H groups in total. The van der Waals surface area contributed by atoms with Crippen molar-refractivity contribution in [3.05, 3.63) is 51.8 Å². The van der Waals surface area contributed by atoms with Gasteiger partial charge in [0.1, 0.15) is 17.2 Å². The number of benzene rings is 1. The number of fused-ring (bicyclic) bond motifs is 1. The van der Waals surface area contributed by atoms with E-state index in [0.717, 1.165) is 10.4 Å². The Morgan fingerprint density at radius 1 is 1.13 bits per heavy atom. The largest absolute Gasteiger partial charge is 0.497 e. The van der Waals surface area contributed by atoms with E-state index in [4.69, 9.17) is 14.2 Å². The fourth-order valence-corrected chi connectivity index (χ4v) is 4.77. The molecule has 3 aromatic rings. The van der Waals surface area contributed by atoms with Crippen LogP contribution in [-0.2, 0) is 23.0 Å². The quantitative estimate of drug-likeness (QED) is 0.566. The minimum atomic E-state index is -0.766. The third-order valence-corrected chi connectivity index (χ3v) is 6.43. The Hall–Kier alpha value is -3.33. The Labute approximate surface area is 183 Å². The first kappa shape index (κ1) is 20.9. The molecule has 162 valence electrons. The smallest absolute Gasteiger partial charge is 0.333 e. The van der Waals surface area contributed by atoms with Gasteiger partial charge in [0.05, 0.1) is 27.0 Å².